The van der Waals surface area contributed by atoms with Crippen LogP contribution in [0.4, 0.5) is 5.13 Å². The average Bonchev–Trinajstić information content (AvgIpc) is 3.34. The number of nitrogens with two attached hydrogens (primary N) is 1. The Hall–Kier alpha value is -2.77. The van der Waals surface area contributed by atoms with E-state index in [0.29, 0.717) is 6.54 Å². The number of aryl methyl sites for hydroxylation is 1. The molecule has 2 aromatic carbocycles. The van der Waals surface area contributed by atoms with Gasteiger partial charge < -0.3 is 11.1 Å². The summed E-state index contributed by atoms with van der Waals surface area (Å²) < 4.78 is 0. The molecule has 0 aliphatic rings. The van der Waals surface area contributed by atoms with Crippen LogP contribution in [0.1, 0.15) is 12.0 Å². The molecular formula is C19H20N6S. The molecule has 2 aromatic heterocycles. The quantitative estimate of drug-likeness (QED) is 0.467. The van der Waals surface area contributed by atoms with Gasteiger partial charge in [0.2, 0.25) is 5.13 Å². The monoisotopic (exact) mass is 364 g/mol. The zero-order valence-electron chi connectivity index (χ0n) is 14.2. The second kappa shape index (κ2) is 7.63. The van der Waals surface area contributed by atoms with E-state index in [2.05, 4.69) is 56.0 Å². The smallest absolute Gasteiger partial charge is 0.206 e. The second-order valence-corrected chi connectivity index (χ2v) is 7.23. The molecule has 2 heterocycles. The minimum Gasteiger partial charge on any atom is -0.359 e. The van der Waals surface area contributed by atoms with Gasteiger partial charge in [0, 0.05) is 23.5 Å². The summed E-state index contributed by atoms with van der Waals surface area (Å²) >= 11 is 1.53. The Morgan fingerprint density at radius 1 is 1.12 bits per heavy atom. The summed E-state index contributed by atoms with van der Waals surface area (Å²) in [5, 5.41) is 21.6. The van der Waals surface area contributed by atoms with E-state index < -0.39 is 0 Å². The maximum Gasteiger partial charge on any atom is 0.206 e. The molecule has 4 N–H and O–H groups in total. The molecule has 0 aliphatic heterocycles. The third-order valence-electron chi connectivity index (χ3n) is 4.27. The fourth-order valence-corrected chi connectivity index (χ4v) is 3.55. The first-order valence-electron chi connectivity index (χ1n) is 8.58. The van der Waals surface area contributed by atoms with Gasteiger partial charge in [0.15, 0.2) is 0 Å². The first-order chi connectivity index (χ1) is 12.8. The zero-order valence-corrected chi connectivity index (χ0v) is 15.0. The van der Waals surface area contributed by atoms with Gasteiger partial charge in [-0.05, 0) is 36.6 Å². The number of nitrogens with one attached hydrogen (secondary N) is 2. The number of anilines is 1. The van der Waals surface area contributed by atoms with Gasteiger partial charge in [-0.2, -0.15) is 5.10 Å². The Morgan fingerprint density at radius 2 is 2.00 bits per heavy atom. The van der Waals surface area contributed by atoms with Gasteiger partial charge in [-0.3, -0.25) is 5.10 Å². The molecule has 7 heteroatoms. The van der Waals surface area contributed by atoms with E-state index in [1.807, 2.05) is 24.4 Å². The van der Waals surface area contributed by atoms with E-state index in [4.69, 9.17) is 5.73 Å². The molecule has 0 aliphatic carbocycles. The molecule has 0 saturated heterocycles. The average molecular weight is 364 g/mol. The highest BCUT2D eigenvalue weighted by atomic mass is 32.1. The van der Waals surface area contributed by atoms with Crippen LogP contribution >= 0.6 is 11.3 Å². The minimum atomic E-state index is 0.0739. The van der Waals surface area contributed by atoms with E-state index in [9.17, 15) is 0 Å². The summed E-state index contributed by atoms with van der Waals surface area (Å²) in [7, 11) is 0. The summed E-state index contributed by atoms with van der Waals surface area (Å²) in [5.41, 5.74) is 9.59. The van der Waals surface area contributed by atoms with Crippen molar-refractivity contribution in [3.63, 3.8) is 0 Å². The van der Waals surface area contributed by atoms with Crippen LogP contribution in [-0.2, 0) is 6.42 Å². The Bertz CT molecular complexity index is 978. The van der Waals surface area contributed by atoms with Crippen LogP contribution in [0.5, 0.6) is 0 Å². The predicted octanol–water partition coefficient (Wildman–Crippen LogP) is 3.45. The minimum absolute atomic E-state index is 0.0739. The largest absolute Gasteiger partial charge is 0.359 e. The van der Waals surface area contributed by atoms with Crippen molar-refractivity contribution in [1.29, 1.82) is 0 Å². The maximum absolute atomic E-state index is 6.22. The van der Waals surface area contributed by atoms with Crippen molar-refractivity contribution in [2.24, 2.45) is 5.73 Å². The van der Waals surface area contributed by atoms with Gasteiger partial charge in [-0.25, -0.2) is 0 Å². The zero-order chi connectivity index (χ0) is 17.8. The standard InChI is InChI=1S/C19H20N6S/c20-16(8-6-13-4-2-1-3-5-13)12-21-19-25-24-18(26-19)14-7-9-17-15(10-14)11-22-23-17/h1-5,7,9-11,16H,6,8,12,20H2,(H,21,25)(H,22,23). The Balaban J connectivity index is 1.33. The number of H-pyrrole nitrogens is 1. The molecule has 0 amide bonds. The van der Waals surface area contributed by atoms with E-state index in [1.54, 1.807) is 0 Å². The fraction of sp³-hybridized carbons (Fsp3) is 0.211. The number of aromatic nitrogens is 4. The lowest BCUT2D eigenvalue weighted by Gasteiger charge is -2.11. The fourth-order valence-electron chi connectivity index (χ4n) is 2.80. The van der Waals surface area contributed by atoms with Gasteiger partial charge in [-0.15, -0.1) is 10.2 Å². The molecule has 1 atom stereocenters. The first-order valence-corrected chi connectivity index (χ1v) is 9.40. The van der Waals surface area contributed by atoms with Crippen molar-refractivity contribution in [3.8, 4) is 10.6 Å². The molecule has 0 radical (unpaired) electrons. The Morgan fingerprint density at radius 3 is 2.88 bits per heavy atom. The van der Waals surface area contributed by atoms with Crippen molar-refractivity contribution in [2.45, 2.75) is 18.9 Å². The summed E-state index contributed by atoms with van der Waals surface area (Å²) in [6, 6.07) is 16.6. The normalized spacial score (nSPS) is 12.3. The van der Waals surface area contributed by atoms with Crippen molar-refractivity contribution in [2.75, 3.05) is 11.9 Å². The van der Waals surface area contributed by atoms with Gasteiger partial charge in [-0.1, -0.05) is 41.7 Å². The predicted molar refractivity (Wildman–Crippen MR) is 106 cm³/mol. The molecule has 26 heavy (non-hydrogen) atoms. The van der Waals surface area contributed by atoms with Crippen molar-refractivity contribution in [1.82, 2.24) is 20.4 Å². The number of aromatic amines is 1. The summed E-state index contributed by atoms with van der Waals surface area (Å²) in [5.74, 6) is 0. The summed E-state index contributed by atoms with van der Waals surface area (Å²) in [4.78, 5) is 0. The molecular weight excluding hydrogens is 344 g/mol. The van der Waals surface area contributed by atoms with Gasteiger partial charge >= 0.3 is 0 Å². The molecule has 0 saturated carbocycles. The van der Waals surface area contributed by atoms with Crippen molar-refractivity contribution < 1.29 is 0 Å². The third-order valence-corrected chi connectivity index (χ3v) is 5.20. The van der Waals surface area contributed by atoms with Crippen LogP contribution in [0, 0.1) is 0 Å². The third kappa shape index (κ3) is 3.89. The lowest BCUT2D eigenvalue weighted by molar-refractivity contribution is 0.638. The highest BCUT2D eigenvalue weighted by Gasteiger charge is 2.09. The SMILES string of the molecule is NC(CCc1ccccc1)CNc1nnc(-c2ccc3[nH]ncc3c2)s1. The van der Waals surface area contributed by atoms with Crippen LogP contribution in [0.2, 0.25) is 0 Å². The molecule has 6 nitrogen and oxygen atoms in total. The Kier molecular flexibility index (Phi) is 4.90. The second-order valence-electron chi connectivity index (χ2n) is 6.25. The van der Waals surface area contributed by atoms with Crippen LogP contribution in [-0.4, -0.2) is 33.0 Å². The lowest BCUT2D eigenvalue weighted by atomic mass is 10.1. The molecule has 4 aromatic rings. The highest BCUT2D eigenvalue weighted by Crippen LogP contribution is 2.28. The van der Waals surface area contributed by atoms with Crippen LogP contribution in [0.3, 0.4) is 0 Å². The topological polar surface area (TPSA) is 92.5 Å². The molecule has 1 unspecified atom stereocenters. The van der Waals surface area contributed by atoms with Gasteiger partial charge in [0.1, 0.15) is 5.01 Å². The van der Waals surface area contributed by atoms with E-state index >= 15 is 0 Å². The van der Waals surface area contributed by atoms with E-state index in [1.165, 1.54) is 16.9 Å². The number of rotatable bonds is 7. The lowest BCUT2D eigenvalue weighted by Crippen LogP contribution is -2.29. The van der Waals surface area contributed by atoms with Gasteiger partial charge in [0.05, 0.1) is 11.7 Å². The maximum atomic E-state index is 6.22. The van der Waals surface area contributed by atoms with E-state index in [0.717, 1.165) is 39.4 Å². The highest BCUT2D eigenvalue weighted by molar-refractivity contribution is 7.18. The first kappa shape index (κ1) is 16.7. The molecule has 0 spiro atoms. The van der Waals surface area contributed by atoms with E-state index in [-0.39, 0.29) is 6.04 Å². The Labute approximate surface area is 155 Å². The number of fused-ring (bicyclic) bond motifs is 1. The van der Waals surface area contributed by atoms with Crippen molar-refractivity contribution >= 4 is 27.4 Å². The summed E-state index contributed by atoms with van der Waals surface area (Å²) in [6.45, 7) is 0.683. The molecule has 0 fully saturated rings. The van der Waals surface area contributed by atoms with Crippen molar-refractivity contribution in [3.05, 3.63) is 60.3 Å². The van der Waals surface area contributed by atoms with Crippen LogP contribution in [0.25, 0.3) is 21.5 Å². The molecule has 132 valence electrons. The number of hydrogen-bond donors (Lipinski definition) is 3. The number of hydrogen-bond acceptors (Lipinski definition) is 6. The number of benzene rings is 2. The number of nitrogens with zero attached hydrogens (tertiary/aromatic N) is 3. The summed E-state index contributed by atoms with van der Waals surface area (Å²) in [6.07, 6.45) is 3.72. The molecule has 0 bridgehead atoms. The molecule has 4 rings (SSSR count). The van der Waals surface area contributed by atoms with Crippen LogP contribution in [0.15, 0.2) is 54.7 Å². The van der Waals surface area contributed by atoms with Gasteiger partial charge in [0.25, 0.3) is 0 Å². The van der Waals surface area contributed by atoms with Crippen LogP contribution < -0.4 is 11.1 Å².